The fraction of sp³-hybridized carbons (Fsp3) is 0.286. The molecule has 0 saturated heterocycles. The van der Waals surface area contributed by atoms with Crippen molar-refractivity contribution in [1.29, 1.82) is 0 Å². The smallest absolute Gasteiger partial charge is 0.341 e. The number of rotatable bonds is 5. The largest absolute Gasteiger partial charge is 0.462 e. The minimum Gasteiger partial charge on any atom is -0.462 e. The Hall–Kier alpha value is -1.32. The highest BCUT2D eigenvalue weighted by Crippen LogP contribution is 2.24. The van der Waals surface area contributed by atoms with Crippen molar-refractivity contribution in [1.82, 2.24) is 0 Å². The molecule has 1 aromatic carbocycles. The number of ether oxygens (including phenoxy) is 1. The highest BCUT2D eigenvalue weighted by atomic mass is 35.5. The van der Waals surface area contributed by atoms with E-state index in [0.717, 1.165) is 0 Å². The number of carbonyl (C=O) groups is 2. The molecule has 5 heteroatoms. The van der Waals surface area contributed by atoms with Crippen LogP contribution in [0.4, 0.5) is 0 Å². The maximum atomic E-state index is 12.3. The van der Waals surface area contributed by atoms with Gasteiger partial charge in [-0.3, -0.25) is 4.79 Å². The van der Waals surface area contributed by atoms with E-state index >= 15 is 0 Å². The highest BCUT2D eigenvalue weighted by molar-refractivity contribution is 6.38. The lowest BCUT2D eigenvalue weighted by atomic mass is 10.0. The molecule has 0 aliphatic carbocycles. The molecule has 0 unspecified atom stereocenters. The van der Waals surface area contributed by atoms with Gasteiger partial charge < -0.3 is 4.74 Å². The summed E-state index contributed by atoms with van der Waals surface area (Å²) in [6.07, 6.45) is 2.08. The summed E-state index contributed by atoms with van der Waals surface area (Å²) in [7, 11) is 0. The van der Waals surface area contributed by atoms with E-state index in [2.05, 4.69) is 0 Å². The number of allylic oxidation sites excluding steroid dienone is 1. The number of esters is 1. The summed E-state index contributed by atoms with van der Waals surface area (Å²) in [5, 5.41) is 0.641. The molecular weight excluding hydrogens is 287 g/mol. The summed E-state index contributed by atoms with van der Waals surface area (Å²) in [5.74, 6) is -1.10. The van der Waals surface area contributed by atoms with Crippen LogP contribution in [0.15, 0.2) is 29.8 Å². The van der Waals surface area contributed by atoms with Crippen molar-refractivity contribution in [2.45, 2.75) is 20.3 Å². The van der Waals surface area contributed by atoms with Gasteiger partial charge in [-0.05, 0) is 31.5 Å². The molecule has 0 amide bonds. The first-order valence-electron chi connectivity index (χ1n) is 5.88. The Morgan fingerprint density at radius 2 is 1.95 bits per heavy atom. The van der Waals surface area contributed by atoms with E-state index in [1.54, 1.807) is 13.0 Å². The van der Waals surface area contributed by atoms with E-state index in [1.807, 2.05) is 6.92 Å². The van der Waals surface area contributed by atoms with Gasteiger partial charge in [0, 0.05) is 10.6 Å². The minimum absolute atomic E-state index is 0.00595. The Bertz CT molecular complexity index is 521. The fourth-order valence-corrected chi connectivity index (χ4v) is 1.99. The van der Waals surface area contributed by atoms with Crippen LogP contribution < -0.4 is 0 Å². The van der Waals surface area contributed by atoms with Crippen LogP contribution in [-0.2, 0) is 9.53 Å². The molecule has 0 fully saturated rings. The van der Waals surface area contributed by atoms with Crippen molar-refractivity contribution in [3.63, 3.8) is 0 Å². The van der Waals surface area contributed by atoms with Crippen LogP contribution >= 0.6 is 23.2 Å². The Morgan fingerprint density at radius 1 is 1.26 bits per heavy atom. The van der Waals surface area contributed by atoms with Gasteiger partial charge in [-0.2, -0.15) is 0 Å². The van der Waals surface area contributed by atoms with Crippen LogP contribution in [0.1, 0.15) is 30.6 Å². The summed E-state index contributed by atoms with van der Waals surface area (Å²) in [5.41, 5.74) is 0.229. The molecule has 0 aliphatic rings. The van der Waals surface area contributed by atoms with E-state index in [1.165, 1.54) is 18.2 Å². The first kappa shape index (κ1) is 15.7. The SMILES string of the molecule is CCC=C(C(=O)OCC)C(=O)c1ccc(Cl)cc1Cl. The lowest BCUT2D eigenvalue weighted by Crippen LogP contribution is -2.16. The molecular formula is C14H14Cl2O3. The summed E-state index contributed by atoms with van der Waals surface area (Å²) < 4.78 is 4.87. The van der Waals surface area contributed by atoms with Crippen LogP contribution in [0.25, 0.3) is 0 Å². The van der Waals surface area contributed by atoms with Gasteiger partial charge in [0.2, 0.25) is 5.78 Å². The normalized spacial score (nSPS) is 11.3. The zero-order chi connectivity index (χ0) is 14.4. The van der Waals surface area contributed by atoms with E-state index in [-0.39, 0.29) is 22.8 Å². The molecule has 1 rings (SSSR count). The van der Waals surface area contributed by atoms with Crippen LogP contribution in [0.2, 0.25) is 10.0 Å². The standard InChI is InChI=1S/C14H14Cl2O3/c1-3-5-11(14(18)19-4-2)13(17)10-7-6-9(15)8-12(10)16/h5-8H,3-4H2,1-2H3. The third kappa shape index (κ3) is 4.08. The Balaban J connectivity index is 3.13. The second kappa shape index (κ2) is 7.31. The molecule has 0 N–H and O–H groups in total. The van der Waals surface area contributed by atoms with Gasteiger partial charge >= 0.3 is 5.97 Å². The number of ketones is 1. The van der Waals surface area contributed by atoms with Gasteiger partial charge in [0.05, 0.1) is 11.6 Å². The number of carbonyl (C=O) groups excluding carboxylic acids is 2. The third-order valence-electron chi connectivity index (χ3n) is 2.32. The number of hydrogen-bond donors (Lipinski definition) is 0. The summed E-state index contributed by atoms with van der Waals surface area (Å²) in [6, 6.07) is 4.51. The topological polar surface area (TPSA) is 43.4 Å². The Labute approximate surface area is 122 Å². The molecule has 3 nitrogen and oxygen atoms in total. The number of Topliss-reactive ketones (excluding diaryl/α,β-unsaturated/α-hetero) is 1. The monoisotopic (exact) mass is 300 g/mol. The Morgan fingerprint density at radius 3 is 2.47 bits per heavy atom. The van der Waals surface area contributed by atoms with Crippen LogP contribution in [0, 0.1) is 0 Å². The zero-order valence-corrected chi connectivity index (χ0v) is 12.2. The van der Waals surface area contributed by atoms with E-state index in [4.69, 9.17) is 27.9 Å². The zero-order valence-electron chi connectivity index (χ0n) is 10.7. The average molecular weight is 301 g/mol. The summed E-state index contributed by atoms with van der Waals surface area (Å²) in [4.78, 5) is 24.0. The second-order valence-corrected chi connectivity index (χ2v) is 4.54. The summed E-state index contributed by atoms with van der Waals surface area (Å²) >= 11 is 11.7. The molecule has 0 spiro atoms. The van der Waals surface area contributed by atoms with Gasteiger partial charge in [-0.15, -0.1) is 0 Å². The second-order valence-electron chi connectivity index (χ2n) is 3.70. The molecule has 0 aliphatic heterocycles. The highest BCUT2D eigenvalue weighted by Gasteiger charge is 2.22. The van der Waals surface area contributed by atoms with Crippen molar-refractivity contribution in [2.24, 2.45) is 0 Å². The van der Waals surface area contributed by atoms with Crippen molar-refractivity contribution < 1.29 is 14.3 Å². The lowest BCUT2D eigenvalue weighted by molar-refractivity contribution is -0.138. The van der Waals surface area contributed by atoms with Gasteiger partial charge in [0.1, 0.15) is 5.57 Å². The Kier molecular flexibility index (Phi) is 6.06. The van der Waals surface area contributed by atoms with Crippen LogP contribution in [0.3, 0.4) is 0 Å². The van der Waals surface area contributed by atoms with E-state index in [0.29, 0.717) is 11.4 Å². The molecule has 1 aromatic rings. The number of benzene rings is 1. The number of hydrogen-bond acceptors (Lipinski definition) is 3. The van der Waals surface area contributed by atoms with Crippen molar-refractivity contribution in [2.75, 3.05) is 6.61 Å². The third-order valence-corrected chi connectivity index (χ3v) is 2.87. The van der Waals surface area contributed by atoms with E-state index < -0.39 is 11.8 Å². The molecule has 19 heavy (non-hydrogen) atoms. The maximum Gasteiger partial charge on any atom is 0.341 e. The molecule has 102 valence electrons. The lowest BCUT2D eigenvalue weighted by Gasteiger charge is -2.07. The predicted molar refractivity (Wildman–Crippen MR) is 75.8 cm³/mol. The molecule has 0 bridgehead atoms. The van der Waals surface area contributed by atoms with Crippen molar-refractivity contribution in [3.8, 4) is 0 Å². The molecule has 0 aromatic heterocycles. The van der Waals surface area contributed by atoms with Gasteiger partial charge in [-0.25, -0.2) is 4.79 Å². The fourth-order valence-electron chi connectivity index (χ4n) is 1.50. The minimum atomic E-state index is -0.639. The van der Waals surface area contributed by atoms with Gasteiger partial charge in [-0.1, -0.05) is 36.2 Å². The first-order valence-corrected chi connectivity index (χ1v) is 6.63. The number of halogens is 2. The molecule has 0 radical (unpaired) electrons. The molecule has 0 saturated carbocycles. The van der Waals surface area contributed by atoms with E-state index in [9.17, 15) is 9.59 Å². The molecule has 0 atom stereocenters. The van der Waals surface area contributed by atoms with Gasteiger partial charge in [0.25, 0.3) is 0 Å². The first-order chi connectivity index (χ1) is 9.01. The van der Waals surface area contributed by atoms with Crippen molar-refractivity contribution >= 4 is 35.0 Å². The van der Waals surface area contributed by atoms with Crippen LogP contribution in [0.5, 0.6) is 0 Å². The average Bonchev–Trinajstić information content (AvgIpc) is 2.35. The quantitative estimate of drug-likeness (QED) is 0.271. The van der Waals surface area contributed by atoms with Crippen LogP contribution in [-0.4, -0.2) is 18.4 Å². The predicted octanol–water partition coefficient (Wildman–Crippen LogP) is 4.08. The molecule has 0 heterocycles. The maximum absolute atomic E-state index is 12.3. The van der Waals surface area contributed by atoms with Gasteiger partial charge in [0.15, 0.2) is 0 Å². The summed E-state index contributed by atoms with van der Waals surface area (Å²) in [6.45, 7) is 3.72. The van der Waals surface area contributed by atoms with Crippen molar-refractivity contribution in [3.05, 3.63) is 45.5 Å².